The highest BCUT2D eigenvalue weighted by Gasteiger charge is 2.33. The summed E-state index contributed by atoms with van der Waals surface area (Å²) in [6, 6.07) is 0.129. The third-order valence-electron chi connectivity index (χ3n) is 3.96. The molecule has 17 heavy (non-hydrogen) atoms. The molecule has 1 heterocycles. The largest absolute Gasteiger partial charge is 0.313 e. The fourth-order valence-corrected chi connectivity index (χ4v) is 3.93. The van der Waals surface area contributed by atoms with Gasteiger partial charge in [-0.25, -0.2) is 8.42 Å². The summed E-state index contributed by atoms with van der Waals surface area (Å²) in [6.07, 6.45) is 4.08. The Kier molecular flexibility index (Phi) is 4.98. The molecule has 1 fully saturated rings. The van der Waals surface area contributed by atoms with Gasteiger partial charge in [0.1, 0.15) is 0 Å². The first-order chi connectivity index (χ1) is 7.79. The second-order valence-corrected chi connectivity index (χ2v) is 7.60. The number of piperidine rings is 1. The van der Waals surface area contributed by atoms with E-state index in [-0.39, 0.29) is 17.3 Å². The molecule has 1 saturated heterocycles. The van der Waals surface area contributed by atoms with Crippen LogP contribution < -0.4 is 5.32 Å². The summed E-state index contributed by atoms with van der Waals surface area (Å²) in [7, 11) is -1.46. The van der Waals surface area contributed by atoms with Crippen LogP contribution in [0.4, 0.5) is 0 Å². The Morgan fingerprint density at radius 2 is 2.00 bits per heavy atom. The van der Waals surface area contributed by atoms with Crippen LogP contribution in [-0.2, 0) is 10.0 Å². The van der Waals surface area contributed by atoms with Gasteiger partial charge in [0, 0.05) is 18.6 Å². The van der Waals surface area contributed by atoms with Gasteiger partial charge >= 0.3 is 0 Å². The van der Waals surface area contributed by atoms with E-state index in [0.717, 1.165) is 32.2 Å². The van der Waals surface area contributed by atoms with Crippen LogP contribution in [0, 0.1) is 0 Å². The van der Waals surface area contributed by atoms with Gasteiger partial charge in [0.05, 0.1) is 5.75 Å². The quantitative estimate of drug-likeness (QED) is 0.818. The molecule has 0 radical (unpaired) electrons. The first kappa shape index (κ1) is 14.9. The standard InChI is InChI=1S/C12H26N2O2S/c1-5-12(2,3)14(4)17(15,16)10-11-8-6-7-9-13-11/h11,13H,5-10H2,1-4H3. The van der Waals surface area contributed by atoms with Crippen LogP contribution in [-0.4, -0.2) is 43.6 Å². The van der Waals surface area contributed by atoms with E-state index in [9.17, 15) is 8.42 Å². The lowest BCUT2D eigenvalue weighted by Gasteiger charge is -2.35. The van der Waals surface area contributed by atoms with E-state index >= 15 is 0 Å². The summed E-state index contributed by atoms with van der Waals surface area (Å²) >= 11 is 0. The molecule has 0 aromatic heterocycles. The van der Waals surface area contributed by atoms with Gasteiger partial charge in [0.15, 0.2) is 0 Å². The number of nitrogens with zero attached hydrogens (tertiary/aromatic N) is 1. The lowest BCUT2D eigenvalue weighted by Crippen LogP contribution is -2.49. The maximum Gasteiger partial charge on any atom is 0.215 e. The zero-order valence-electron chi connectivity index (χ0n) is 11.5. The highest BCUT2D eigenvalue weighted by Crippen LogP contribution is 2.21. The van der Waals surface area contributed by atoms with Crippen molar-refractivity contribution in [3.8, 4) is 0 Å². The molecule has 1 aliphatic rings. The SMILES string of the molecule is CCC(C)(C)N(C)S(=O)(=O)CC1CCCCN1. The van der Waals surface area contributed by atoms with Crippen molar-refractivity contribution in [3.63, 3.8) is 0 Å². The first-order valence-electron chi connectivity index (χ1n) is 6.49. The Morgan fingerprint density at radius 1 is 1.35 bits per heavy atom. The summed E-state index contributed by atoms with van der Waals surface area (Å²) in [6.45, 7) is 6.91. The fourth-order valence-electron chi connectivity index (χ4n) is 2.03. The smallest absolute Gasteiger partial charge is 0.215 e. The molecule has 0 bridgehead atoms. The third-order valence-corrected chi connectivity index (χ3v) is 6.11. The first-order valence-corrected chi connectivity index (χ1v) is 8.10. The van der Waals surface area contributed by atoms with E-state index < -0.39 is 10.0 Å². The van der Waals surface area contributed by atoms with Crippen LogP contribution in [0.25, 0.3) is 0 Å². The Balaban J connectivity index is 2.67. The van der Waals surface area contributed by atoms with Crippen molar-refractivity contribution in [2.45, 2.75) is 58.0 Å². The van der Waals surface area contributed by atoms with E-state index in [1.807, 2.05) is 20.8 Å². The topological polar surface area (TPSA) is 49.4 Å². The van der Waals surface area contributed by atoms with Gasteiger partial charge in [-0.15, -0.1) is 0 Å². The van der Waals surface area contributed by atoms with E-state index in [1.54, 1.807) is 7.05 Å². The third kappa shape index (κ3) is 3.93. The summed E-state index contributed by atoms with van der Waals surface area (Å²) < 4.78 is 26.1. The van der Waals surface area contributed by atoms with Crippen LogP contribution in [0.15, 0.2) is 0 Å². The van der Waals surface area contributed by atoms with E-state index in [4.69, 9.17) is 0 Å². The fraction of sp³-hybridized carbons (Fsp3) is 1.00. The molecule has 0 saturated carbocycles. The maximum absolute atomic E-state index is 12.3. The van der Waals surface area contributed by atoms with Crippen molar-refractivity contribution in [2.24, 2.45) is 0 Å². The molecular formula is C12H26N2O2S. The van der Waals surface area contributed by atoms with Crippen molar-refractivity contribution >= 4 is 10.0 Å². The number of hydrogen-bond donors (Lipinski definition) is 1. The minimum atomic E-state index is -3.16. The Labute approximate surface area is 106 Å². The molecule has 102 valence electrons. The monoisotopic (exact) mass is 262 g/mol. The zero-order valence-corrected chi connectivity index (χ0v) is 12.3. The molecule has 0 aromatic rings. The van der Waals surface area contributed by atoms with Crippen molar-refractivity contribution in [1.29, 1.82) is 0 Å². The predicted octanol–water partition coefficient (Wildman–Crippen LogP) is 1.58. The molecule has 1 aliphatic heterocycles. The molecule has 0 amide bonds. The molecule has 1 unspecified atom stereocenters. The summed E-state index contributed by atoms with van der Waals surface area (Å²) in [5.41, 5.74) is -0.298. The molecule has 5 heteroatoms. The number of rotatable bonds is 5. The van der Waals surface area contributed by atoms with E-state index in [0.29, 0.717) is 0 Å². The molecule has 0 spiro atoms. The second-order valence-electron chi connectivity index (χ2n) is 5.56. The summed E-state index contributed by atoms with van der Waals surface area (Å²) in [5, 5.41) is 3.29. The summed E-state index contributed by atoms with van der Waals surface area (Å²) in [4.78, 5) is 0. The number of nitrogens with one attached hydrogen (secondary N) is 1. The van der Waals surface area contributed by atoms with Gasteiger partial charge in [-0.05, 0) is 39.7 Å². The lowest BCUT2D eigenvalue weighted by molar-refractivity contribution is 0.255. The highest BCUT2D eigenvalue weighted by atomic mass is 32.2. The Hall–Kier alpha value is -0.130. The van der Waals surface area contributed by atoms with Gasteiger partial charge in [-0.2, -0.15) is 4.31 Å². The Bertz CT molecular complexity index is 332. The molecule has 0 aliphatic carbocycles. The van der Waals surface area contributed by atoms with Crippen LogP contribution in [0.2, 0.25) is 0 Å². The molecule has 1 atom stereocenters. The molecule has 1 rings (SSSR count). The maximum atomic E-state index is 12.3. The predicted molar refractivity (Wildman–Crippen MR) is 71.6 cm³/mol. The highest BCUT2D eigenvalue weighted by molar-refractivity contribution is 7.89. The van der Waals surface area contributed by atoms with Gasteiger partial charge in [0.2, 0.25) is 10.0 Å². The van der Waals surface area contributed by atoms with Gasteiger partial charge < -0.3 is 5.32 Å². The van der Waals surface area contributed by atoms with Gasteiger partial charge in [-0.1, -0.05) is 13.3 Å². The van der Waals surface area contributed by atoms with E-state index in [1.165, 1.54) is 4.31 Å². The number of sulfonamides is 1. The minimum absolute atomic E-state index is 0.129. The van der Waals surface area contributed by atoms with Crippen molar-refractivity contribution in [3.05, 3.63) is 0 Å². The van der Waals surface area contributed by atoms with Crippen LogP contribution in [0.3, 0.4) is 0 Å². The van der Waals surface area contributed by atoms with Crippen molar-refractivity contribution < 1.29 is 8.42 Å². The zero-order chi connectivity index (χ0) is 13.1. The number of hydrogen-bond acceptors (Lipinski definition) is 3. The van der Waals surface area contributed by atoms with Crippen LogP contribution in [0.5, 0.6) is 0 Å². The van der Waals surface area contributed by atoms with E-state index in [2.05, 4.69) is 5.32 Å². The lowest BCUT2D eigenvalue weighted by atomic mass is 10.0. The second kappa shape index (κ2) is 5.67. The average molecular weight is 262 g/mol. The molecule has 1 N–H and O–H groups in total. The molecule has 0 aromatic carbocycles. The average Bonchev–Trinajstić information content (AvgIpc) is 2.28. The van der Waals surface area contributed by atoms with Crippen LogP contribution in [0.1, 0.15) is 46.5 Å². The van der Waals surface area contributed by atoms with Gasteiger partial charge in [-0.3, -0.25) is 0 Å². The summed E-state index contributed by atoms with van der Waals surface area (Å²) in [5.74, 6) is 0.229. The molecule has 4 nitrogen and oxygen atoms in total. The minimum Gasteiger partial charge on any atom is -0.313 e. The van der Waals surface area contributed by atoms with Crippen LogP contribution >= 0.6 is 0 Å². The van der Waals surface area contributed by atoms with Crippen molar-refractivity contribution in [2.75, 3.05) is 19.3 Å². The van der Waals surface area contributed by atoms with Gasteiger partial charge in [0.25, 0.3) is 0 Å². The normalized spacial score (nSPS) is 23.0. The van der Waals surface area contributed by atoms with Crippen molar-refractivity contribution in [1.82, 2.24) is 9.62 Å². The molecular weight excluding hydrogens is 236 g/mol. The Morgan fingerprint density at radius 3 is 2.47 bits per heavy atom.